The molecule has 0 radical (unpaired) electrons. The standard InChI is InChI=1S/C21H15BrCl2N2O3S/c22-20-19(11-15-6-3-5-14-4-1-2-7-16(14)15)26(30(28,29)25-21(20)27)12-13-8-9-17(23)18(24)10-13/h1-10H,11-12H2,(H,25,27). The van der Waals surface area contributed by atoms with Crippen LogP contribution in [0.3, 0.4) is 0 Å². The maximum absolute atomic E-state index is 12.8. The van der Waals surface area contributed by atoms with E-state index in [-0.39, 0.29) is 17.4 Å². The molecule has 0 aromatic heterocycles. The van der Waals surface area contributed by atoms with E-state index in [2.05, 4.69) is 20.7 Å². The van der Waals surface area contributed by atoms with E-state index in [1.54, 1.807) is 18.2 Å². The van der Waals surface area contributed by atoms with E-state index in [1.807, 2.05) is 42.5 Å². The fraction of sp³-hybridized carbons (Fsp3) is 0.0952. The Bertz CT molecular complexity index is 1300. The SMILES string of the molecule is O=C1NS(=O)(=O)N(Cc2ccc(Cl)c(Cl)c2)C(Cc2cccc3ccccc23)=C1Br. The second kappa shape index (κ2) is 8.23. The van der Waals surface area contributed by atoms with Crippen molar-refractivity contribution in [2.45, 2.75) is 13.0 Å². The van der Waals surface area contributed by atoms with Gasteiger partial charge < -0.3 is 0 Å². The van der Waals surface area contributed by atoms with Crippen molar-refractivity contribution >= 4 is 66.0 Å². The van der Waals surface area contributed by atoms with E-state index in [1.165, 1.54) is 4.31 Å². The van der Waals surface area contributed by atoms with Gasteiger partial charge in [-0.15, -0.1) is 0 Å². The number of nitrogens with one attached hydrogen (secondary N) is 1. The van der Waals surface area contributed by atoms with Gasteiger partial charge in [0.2, 0.25) is 0 Å². The maximum atomic E-state index is 12.8. The Kier molecular flexibility index (Phi) is 5.81. The van der Waals surface area contributed by atoms with E-state index in [4.69, 9.17) is 23.2 Å². The second-order valence-electron chi connectivity index (χ2n) is 6.77. The molecule has 4 rings (SSSR count). The van der Waals surface area contributed by atoms with Crippen LogP contribution in [-0.4, -0.2) is 18.6 Å². The Labute approximate surface area is 192 Å². The van der Waals surface area contributed by atoms with Gasteiger partial charge >= 0.3 is 10.2 Å². The van der Waals surface area contributed by atoms with Gasteiger partial charge in [-0.2, -0.15) is 8.42 Å². The van der Waals surface area contributed by atoms with Crippen LogP contribution in [0.2, 0.25) is 10.0 Å². The van der Waals surface area contributed by atoms with Crippen molar-refractivity contribution in [3.63, 3.8) is 0 Å². The molecule has 1 N–H and O–H groups in total. The number of fused-ring (bicyclic) bond motifs is 1. The first-order valence-corrected chi connectivity index (χ1v) is 11.9. The molecule has 1 aliphatic rings. The number of benzene rings is 3. The third-order valence-electron chi connectivity index (χ3n) is 4.81. The highest BCUT2D eigenvalue weighted by atomic mass is 79.9. The summed E-state index contributed by atoms with van der Waals surface area (Å²) in [7, 11) is -4.08. The number of carbonyl (C=O) groups is 1. The summed E-state index contributed by atoms with van der Waals surface area (Å²) in [6.45, 7) is -0.00526. The molecule has 0 fully saturated rings. The van der Waals surface area contributed by atoms with Crippen molar-refractivity contribution in [3.05, 3.63) is 92.0 Å². The van der Waals surface area contributed by atoms with E-state index in [0.29, 0.717) is 21.3 Å². The minimum Gasteiger partial charge on any atom is -0.267 e. The molecule has 0 saturated carbocycles. The zero-order chi connectivity index (χ0) is 21.5. The highest BCUT2D eigenvalue weighted by molar-refractivity contribution is 9.12. The first-order chi connectivity index (χ1) is 14.3. The van der Waals surface area contributed by atoms with Crippen LogP contribution in [0.5, 0.6) is 0 Å². The van der Waals surface area contributed by atoms with E-state index in [9.17, 15) is 13.2 Å². The summed E-state index contributed by atoms with van der Waals surface area (Å²) in [5.41, 5.74) is 1.89. The molecule has 0 spiro atoms. The number of halogens is 3. The van der Waals surface area contributed by atoms with Gasteiger partial charge in [-0.1, -0.05) is 71.7 Å². The van der Waals surface area contributed by atoms with Crippen molar-refractivity contribution < 1.29 is 13.2 Å². The lowest BCUT2D eigenvalue weighted by atomic mass is 10.0. The number of nitrogens with zero attached hydrogens (tertiary/aromatic N) is 1. The van der Waals surface area contributed by atoms with Crippen LogP contribution in [0, 0.1) is 0 Å². The van der Waals surface area contributed by atoms with Crippen molar-refractivity contribution in [2.75, 3.05) is 0 Å². The number of carbonyl (C=O) groups excluding carboxylic acids is 1. The lowest BCUT2D eigenvalue weighted by Gasteiger charge is -2.31. The van der Waals surface area contributed by atoms with Gasteiger partial charge in [0.15, 0.2) is 0 Å². The Morgan fingerprint density at radius 1 is 0.967 bits per heavy atom. The number of hydrogen-bond donors (Lipinski definition) is 1. The Morgan fingerprint density at radius 2 is 1.70 bits per heavy atom. The molecule has 1 aliphatic heterocycles. The zero-order valence-corrected chi connectivity index (χ0v) is 19.3. The summed E-state index contributed by atoms with van der Waals surface area (Å²) < 4.78 is 29.1. The van der Waals surface area contributed by atoms with Crippen LogP contribution < -0.4 is 4.72 Å². The number of hydrogen-bond acceptors (Lipinski definition) is 3. The first-order valence-electron chi connectivity index (χ1n) is 8.90. The first kappa shape index (κ1) is 21.2. The Morgan fingerprint density at radius 3 is 2.47 bits per heavy atom. The van der Waals surface area contributed by atoms with Gasteiger partial charge in [0.25, 0.3) is 5.91 Å². The minimum atomic E-state index is -4.08. The highest BCUT2D eigenvalue weighted by Crippen LogP contribution is 2.32. The molecule has 0 saturated heterocycles. The number of allylic oxidation sites excluding steroid dienone is 1. The molecular weight excluding hydrogens is 511 g/mol. The van der Waals surface area contributed by atoms with Gasteiger partial charge in [0, 0.05) is 6.42 Å². The molecule has 5 nitrogen and oxygen atoms in total. The molecular formula is C21H15BrCl2N2O3S. The Balaban J connectivity index is 1.79. The summed E-state index contributed by atoms with van der Waals surface area (Å²) >= 11 is 15.4. The van der Waals surface area contributed by atoms with Crippen LogP contribution in [0.1, 0.15) is 11.1 Å². The predicted molar refractivity (Wildman–Crippen MR) is 123 cm³/mol. The smallest absolute Gasteiger partial charge is 0.267 e. The fourth-order valence-corrected chi connectivity index (χ4v) is 5.61. The molecule has 154 valence electrons. The van der Waals surface area contributed by atoms with Crippen molar-refractivity contribution in [1.82, 2.24) is 9.03 Å². The summed E-state index contributed by atoms with van der Waals surface area (Å²) in [5, 5.41) is 2.73. The van der Waals surface area contributed by atoms with Gasteiger partial charge in [0.05, 0.1) is 22.3 Å². The summed E-state index contributed by atoms with van der Waals surface area (Å²) in [5.74, 6) is -0.698. The molecule has 0 aliphatic carbocycles. The summed E-state index contributed by atoms with van der Waals surface area (Å²) in [6, 6.07) is 18.6. The normalized spacial score (nSPS) is 16.1. The van der Waals surface area contributed by atoms with Crippen LogP contribution in [-0.2, 0) is 28.0 Å². The van der Waals surface area contributed by atoms with Crippen LogP contribution in [0.25, 0.3) is 10.8 Å². The average molecular weight is 526 g/mol. The van der Waals surface area contributed by atoms with Crippen LogP contribution >= 0.6 is 39.1 Å². The topological polar surface area (TPSA) is 66.5 Å². The van der Waals surface area contributed by atoms with E-state index in [0.717, 1.165) is 16.3 Å². The third kappa shape index (κ3) is 4.07. The van der Waals surface area contributed by atoms with E-state index >= 15 is 0 Å². The molecule has 3 aromatic carbocycles. The quantitative estimate of drug-likeness (QED) is 0.510. The number of amides is 1. The van der Waals surface area contributed by atoms with Crippen LogP contribution in [0.15, 0.2) is 70.8 Å². The summed E-state index contributed by atoms with van der Waals surface area (Å²) in [6.07, 6.45) is 0.246. The summed E-state index contributed by atoms with van der Waals surface area (Å²) in [4.78, 5) is 12.3. The lowest BCUT2D eigenvalue weighted by molar-refractivity contribution is -0.115. The van der Waals surface area contributed by atoms with Gasteiger partial charge in [0.1, 0.15) is 4.48 Å². The van der Waals surface area contributed by atoms with Gasteiger partial charge in [-0.05, 0) is 50.0 Å². The van der Waals surface area contributed by atoms with E-state index < -0.39 is 16.1 Å². The van der Waals surface area contributed by atoms with Gasteiger partial charge in [-0.3, -0.25) is 9.10 Å². The molecule has 1 amide bonds. The largest absolute Gasteiger partial charge is 0.326 e. The predicted octanol–water partition coefficient (Wildman–Crippen LogP) is 5.17. The monoisotopic (exact) mass is 524 g/mol. The second-order valence-corrected chi connectivity index (χ2v) is 9.97. The average Bonchev–Trinajstić information content (AvgIpc) is 2.71. The van der Waals surface area contributed by atoms with Crippen molar-refractivity contribution in [3.8, 4) is 0 Å². The molecule has 0 unspecified atom stereocenters. The highest BCUT2D eigenvalue weighted by Gasteiger charge is 2.35. The maximum Gasteiger partial charge on any atom is 0.326 e. The molecule has 3 aromatic rings. The fourth-order valence-electron chi connectivity index (χ4n) is 3.38. The zero-order valence-electron chi connectivity index (χ0n) is 15.4. The molecule has 9 heteroatoms. The van der Waals surface area contributed by atoms with Crippen molar-refractivity contribution in [1.29, 1.82) is 0 Å². The lowest BCUT2D eigenvalue weighted by Crippen LogP contribution is -2.48. The van der Waals surface area contributed by atoms with Gasteiger partial charge in [-0.25, -0.2) is 4.72 Å². The Hall–Kier alpha value is -2.06. The van der Waals surface area contributed by atoms with Crippen LogP contribution in [0.4, 0.5) is 0 Å². The molecule has 0 atom stereocenters. The minimum absolute atomic E-state index is 0.00526. The number of rotatable bonds is 4. The molecule has 1 heterocycles. The molecule has 0 bridgehead atoms. The third-order valence-corrected chi connectivity index (χ3v) is 7.74. The van der Waals surface area contributed by atoms with Crippen molar-refractivity contribution in [2.24, 2.45) is 0 Å². The molecule has 30 heavy (non-hydrogen) atoms.